The Bertz CT molecular complexity index is 1180. The Morgan fingerprint density at radius 1 is 1.10 bits per heavy atom. The summed E-state index contributed by atoms with van der Waals surface area (Å²) >= 11 is 2.93. The normalized spacial score (nSPS) is 11.2. The number of hydrogen-bond donors (Lipinski definition) is 2. The van der Waals surface area contributed by atoms with E-state index in [0.717, 1.165) is 18.5 Å². The topological polar surface area (TPSA) is 86.3 Å². The van der Waals surface area contributed by atoms with Gasteiger partial charge in [0, 0.05) is 12.1 Å². The van der Waals surface area contributed by atoms with Gasteiger partial charge in [-0.15, -0.1) is 18.3 Å². The van der Waals surface area contributed by atoms with Gasteiger partial charge in [0.25, 0.3) is 12.1 Å². The largest absolute Gasteiger partial charge is 0.573 e. The fraction of sp³-hybridized carbons (Fsp3) is 0.0556. The fourth-order valence-corrected chi connectivity index (χ4v) is 2.68. The molecule has 1 amide bonds. The van der Waals surface area contributed by atoms with Gasteiger partial charge in [0.2, 0.25) is 0 Å². The first-order chi connectivity index (χ1) is 14.5. The molecule has 2 aromatic carbocycles. The van der Waals surface area contributed by atoms with Gasteiger partial charge in [-0.1, -0.05) is 0 Å². The van der Waals surface area contributed by atoms with Crippen LogP contribution >= 0.6 is 15.9 Å². The first-order valence-corrected chi connectivity index (χ1v) is 8.96. The van der Waals surface area contributed by atoms with Crippen LogP contribution in [0.25, 0.3) is 0 Å². The van der Waals surface area contributed by atoms with E-state index in [1.165, 1.54) is 18.2 Å². The number of benzene rings is 2. The van der Waals surface area contributed by atoms with E-state index in [4.69, 9.17) is 4.74 Å². The third kappa shape index (κ3) is 5.57. The molecule has 0 aliphatic heterocycles. The van der Waals surface area contributed by atoms with Crippen LogP contribution in [-0.4, -0.2) is 17.4 Å². The molecule has 0 radical (unpaired) electrons. The Morgan fingerprint density at radius 2 is 1.81 bits per heavy atom. The van der Waals surface area contributed by atoms with Gasteiger partial charge >= 0.3 is 6.36 Å². The second-order valence-corrected chi connectivity index (χ2v) is 6.66. The Hall–Kier alpha value is -3.48. The van der Waals surface area contributed by atoms with E-state index in [1.54, 1.807) is 0 Å². The van der Waals surface area contributed by atoms with Crippen LogP contribution in [0.4, 0.5) is 27.6 Å². The van der Waals surface area contributed by atoms with Crippen LogP contribution in [0.3, 0.4) is 0 Å². The van der Waals surface area contributed by atoms with Crippen LogP contribution in [-0.2, 0) is 0 Å². The second-order valence-electron chi connectivity index (χ2n) is 5.80. The van der Waals surface area contributed by atoms with E-state index in [2.05, 4.69) is 31.1 Å². The average Bonchev–Trinajstić information content (AvgIpc) is 2.68. The maximum absolute atomic E-state index is 14.6. The molecule has 2 N–H and O–H groups in total. The summed E-state index contributed by atoms with van der Waals surface area (Å²) in [6.07, 6.45) is -2.89. The molecular weight excluding hydrogens is 497 g/mol. The maximum Gasteiger partial charge on any atom is 0.573 e. The van der Waals surface area contributed by atoms with Gasteiger partial charge in [-0.25, -0.2) is 8.78 Å². The number of carbonyl (C=O) groups excluding carboxylic acids is 1. The molecule has 3 rings (SSSR count). The van der Waals surface area contributed by atoms with Crippen molar-refractivity contribution in [3.05, 3.63) is 75.4 Å². The monoisotopic (exact) mass is 506 g/mol. The molecule has 162 valence electrons. The summed E-state index contributed by atoms with van der Waals surface area (Å²) in [5.74, 6) is -5.11. The second kappa shape index (κ2) is 8.71. The van der Waals surface area contributed by atoms with Gasteiger partial charge in [-0.2, -0.15) is 0 Å². The highest BCUT2D eigenvalue weighted by molar-refractivity contribution is 9.10. The minimum atomic E-state index is -5.09. The van der Waals surface area contributed by atoms with Crippen LogP contribution in [0.2, 0.25) is 0 Å². The predicted octanol–water partition coefficient (Wildman–Crippen LogP) is 4.91. The van der Waals surface area contributed by atoms with Crippen molar-refractivity contribution < 1.29 is 40.8 Å². The number of ether oxygens (including phenoxy) is 2. The molecular formula is C18H10BrF5N3O4+. The van der Waals surface area contributed by atoms with Crippen LogP contribution < -0.4 is 19.3 Å². The number of alkyl halides is 3. The van der Waals surface area contributed by atoms with E-state index in [-0.39, 0.29) is 21.7 Å². The SMILES string of the molecule is O=C(Nc1cc[n+](=O)[nH]c1)c1c(Oc2ccc(OC(F)(F)F)c(F)c2)ccc(Br)c1F. The lowest BCUT2D eigenvalue weighted by Crippen LogP contribution is -2.20. The van der Waals surface area contributed by atoms with Gasteiger partial charge in [-0.05, 0) is 40.2 Å². The molecule has 0 saturated heterocycles. The number of amides is 1. The Kier molecular flexibility index (Phi) is 6.24. The number of halogens is 6. The summed E-state index contributed by atoms with van der Waals surface area (Å²) in [6.45, 7) is 0. The number of hydrogen-bond acceptors (Lipinski definition) is 4. The van der Waals surface area contributed by atoms with Gasteiger partial charge in [0.1, 0.15) is 17.1 Å². The summed E-state index contributed by atoms with van der Waals surface area (Å²) in [7, 11) is 0. The van der Waals surface area contributed by atoms with Crippen molar-refractivity contribution in [2.75, 3.05) is 5.32 Å². The first kappa shape index (κ1) is 22.2. The maximum atomic E-state index is 14.6. The lowest BCUT2D eigenvalue weighted by molar-refractivity contribution is -0.564. The number of nitrogens with one attached hydrogen (secondary N) is 2. The molecule has 0 unspecified atom stereocenters. The Labute approximate surface area is 178 Å². The number of anilines is 1. The van der Waals surface area contributed by atoms with Crippen LogP contribution in [0, 0.1) is 16.5 Å². The molecule has 13 heteroatoms. The highest BCUT2D eigenvalue weighted by Gasteiger charge is 2.32. The molecule has 0 aliphatic rings. The average molecular weight is 507 g/mol. The highest BCUT2D eigenvalue weighted by Crippen LogP contribution is 2.34. The smallest absolute Gasteiger partial charge is 0.456 e. The number of aromatic nitrogens is 2. The molecule has 0 bridgehead atoms. The molecule has 1 aromatic heterocycles. The summed E-state index contributed by atoms with van der Waals surface area (Å²) in [6, 6.07) is 5.86. The number of aromatic amines is 1. The van der Waals surface area contributed by atoms with Crippen molar-refractivity contribution in [3.8, 4) is 17.2 Å². The van der Waals surface area contributed by atoms with Crippen LogP contribution in [0.15, 0.2) is 53.3 Å². The molecule has 7 nitrogen and oxygen atoms in total. The molecule has 0 aliphatic carbocycles. The summed E-state index contributed by atoms with van der Waals surface area (Å²) in [5, 5.41) is 4.59. The van der Waals surface area contributed by atoms with E-state index < -0.39 is 35.2 Å². The van der Waals surface area contributed by atoms with Gasteiger partial charge in [0.15, 0.2) is 21.9 Å². The minimum Gasteiger partial charge on any atom is -0.456 e. The zero-order valence-corrected chi connectivity index (χ0v) is 16.6. The van der Waals surface area contributed by atoms with E-state index >= 15 is 0 Å². The minimum absolute atomic E-state index is 0.0814. The molecule has 3 aromatic rings. The molecule has 31 heavy (non-hydrogen) atoms. The lowest BCUT2D eigenvalue weighted by atomic mass is 10.1. The van der Waals surface area contributed by atoms with Gasteiger partial charge in [0.05, 0.1) is 21.3 Å². The molecule has 0 fully saturated rings. The third-order valence-electron chi connectivity index (χ3n) is 3.64. The predicted molar refractivity (Wildman–Crippen MR) is 99.4 cm³/mol. The van der Waals surface area contributed by atoms with E-state index in [0.29, 0.717) is 16.7 Å². The Balaban J connectivity index is 1.91. The first-order valence-electron chi connectivity index (χ1n) is 8.17. The zero-order chi connectivity index (χ0) is 22.8. The number of H-pyrrole nitrogens is 1. The van der Waals surface area contributed by atoms with Crippen LogP contribution in [0.1, 0.15) is 10.4 Å². The Morgan fingerprint density at radius 3 is 2.42 bits per heavy atom. The number of rotatable bonds is 5. The molecule has 0 saturated carbocycles. The van der Waals surface area contributed by atoms with Crippen molar-refractivity contribution in [1.29, 1.82) is 0 Å². The summed E-state index contributed by atoms with van der Waals surface area (Å²) in [5.41, 5.74) is -0.452. The molecule has 0 spiro atoms. The van der Waals surface area contributed by atoms with Crippen molar-refractivity contribution in [2.45, 2.75) is 6.36 Å². The van der Waals surface area contributed by atoms with Gasteiger partial charge in [-0.3, -0.25) is 4.79 Å². The number of nitrogens with zero attached hydrogens (tertiary/aromatic N) is 1. The quantitative estimate of drug-likeness (QED) is 0.380. The van der Waals surface area contributed by atoms with Crippen molar-refractivity contribution in [3.63, 3.8) is 0 Å². The van der Waals surface area contributed by atoms with E-state index in [1.807, 2.05) is 0 Å². The summed E-state index contributed by atoms with van der Waals surface area (Å²) in [4.78, 5) is 23.6. The van der Waals surface area contributed by atoms with Crippen LogP contribution in [0.5, 0.6) is 17.2 Å². The third-order valence-corrected chi connectivity index (χ3v) is 4.25. The zero-order valence-electron chi connectivity index (χ0n) is 15.0. The summed E-state index contributed by atoms with van der Waals surface area (Å²) < 4.78 is 74.5. The van der Waals surface area contributed by atoms with E-state index in [9.17, 15) is 31.7 Å². The number of carbonyl (C=O) groups is 1. The molecule has 0 atom stereocenters. The standard InChI is InChI=1S/C18H9BrF5N3O4/c19-11-2-4-14(30-10-1-3-13(12(20)7-10)31-18(22,23)24)15(16(11)21)17(28)26-9-5-6-27(29)25-8-9/h1-8H,(H-,25,26,28,29)/p+1. The van der Waals surface area contributed by atoms with Gasteiger partial charge < -0.3 is 14.8 Å². The molecule has 1 heterocycles. The van der Waals surface area contributed by atoms with Crippen molar-refractivity contribution in [2.24, 2.45) is 0 Å². The lowest BCUT2D eigenvalue weighted by Gasteiger charge is -2.14. The van der Waals surface area contributed by atoms with Crippen molar-refractivity contribution in [1.82, 2.24) is 5.10 Å². The highest BCUT2D eigenvalue weighted by atomic mass is 79.9. The fourth-order valence-electron chi connectivity index (χ4n) is 2.35. The van der Waals surface area contributed by atoms with Crippen molar-refractivity contribution >= 4 is 27.5 Å².